The lowest BCUT2D eigenvalue weighted by molar-refractivity contribution is -0.0502. The van der Waals surface area contributed by atoms with Gasteiger partial charge in [0.05, 0.1) is 5.56 Å². The summed E-state index contributed by atoms with van der Waals surface area (Å²) in [4.78, 5) is 10.6. The van der Waals surface area contributed by atoms with E-state index in [0.717, 1.165) is 12.1 Å². The fraction of sp³-hybridized carbons (Fsp3) is 0.111. The summed E-state index contributed by atoms with van der Waals surface area (Å²) in [6, 6.07) is 3.55. The maximum atomic E-state index is 12.0. The number of alkyl halides is 2. The average Bonchev–Trinajstić information content (AvgIpc) is 2.16. The molecule has 0 amide bonds. The highest BCUT2D eigenvalue weighted by atomic mass is 32.1. The molecule has 0 saturated carbocycles. The Hall–Kier alpha value is -1.81. The quantitative estimate of drug-likeness (QED) is 0.800. The van der Waals surface area contributed by atoms with Crippen molar-refractivity contribution in [3.63, 3.8) is 0 Å². The van der Waals surface area contributed by atoms with Gasteiger partial charge in [0.15, 0.2) is 0 Å². The number of ether oxygens (including phenoxy) is 1. The number of halogens is 2. The summed E-state index contributed by atoms with van der Waals surface area (Å²) in [7, 11) is 0. The van der Waals surface area contributed by atoms with Crippen LogP contribution in [-0.2, 0) is 0 Å². The summed E-state index contributed by atoms with van der Waals surface area (Å²) >= 11 is 3.82. The van der Waals surface area contributed by atoms with Gasteiger partial charge in [-0.25, -0.2) is 4.79 Å². The number of nitrogens with zero attached hydrogens (tertiary/aromatic N) is 1. The van der Waals surface area contributed by atoms with Gasteiger partial charge in [-0.2, -0.15) is 14.0 Å². The van der Waals surface area contributed by atoms with Gasteiger partial charge < -0.3 is 9.84 Å². The first-order valence-electron chi connectivity index (χ1n) is 3.91. The van der Waals surface area contributed by atoms with Crippen LogP contribution < -0.4 is 4.74 Å². The molecule has 1 aromatic carbocycles. The molecule has 0 aliphatic heterocycles. The van der Waals surface area contributed by atoms with Crippen LogP contribution in [0.15, 0.2) is 17.0 Å². The molecule has 1 aromatic rings. The van der Waals surface area contributed by atoms with E-state index in [1.807, 2.05) is 0 Å². The van der Waals surface area contributed by atoms with Crippen molar-refractivity contribution in [1.29, 1.82) is 5.26 Å². The molecule has 7 heteroatoms. The molecule has 0 aliphatic rings. The Labute approximate surface area is 94.5 Å². The predicted octanol–water partition coefficient (Wildman–Crippen LogP) is 2.15. The van der Waals surface area contributed by atoms with Crippen LogP contribution in [0.5, 0.6) is 5.75 Å². The molecule has 0 heterocycles. The van der Waals surface area contributed by atoms with Crippen molar-refractivity contribution in [3.8, 4) is 11.8 Å². The first kappa shape index (κ1) is 12.3. The number of hydrogen-bond acceptors (Lipinski definition) is 4. The second-order valence-corrected chi connectivity index (χ2v) is 3.15. The van der Waals surface area contributed by atoms with E-state index >= 15 is 0 Å². The van der Waals surface area contributed by atoms with Gasteiger partial charge in [0, 0.05) is 4.90 Å². The van der Waals surface area contributed by atoms with Gasteiger partial charge in [-0.1, -0.05) is 0 Å². The minimum Gasteiger partial charge on any atom is -0.478 e. The van der Waals surface area contributed by atoms with Crippen molar-refractivity contribution >= 4 is 18.6 Å². The van der Waals surface area contributed by atoms with E-state index in [1.54, 1.807) is 6.07 Å². The normalized spacial score (nSPS) is 9.94. The molecule has 4 nitrogen and oxygen atoms in total. The first-order valence-corrected chi connectivity index (χ1v) is 4.35. The standard InChI is InChI=1S/C9H5F2NO3S/c10-9(11)15-6-1-4(8(13)14)2-7(16)5(6)3-12/h1-2,9,16H,(H,13,14). The zero-order chi connectivity index (χ0) is 12.3. The van der Waals surface area contributed by atoms with Crippen molar-refractivity contribution in [3.05, 3.63) is 23.3 Å². The number of nitriles is 1. The highest BCUT2D eigenvalue weighted by molar-refractivity contribution is 7.80. The second kappa shape index (κ2) is 4.81. The Kier molecular flexibility index (Phi) is 3.68. The van der Waals surface area contributed by atoms with Crippen molar-refractivity contribution in [2.75, 3.05) is 0 Å². The summed E-state index contributed by atoms with van der Waals surface area (Å²) in [6.45, 7) is -3.14. The average molecular weight is 245 g/mol. The molecule has 16 heavy (non-hydrogen) atoms. The summed E-state index contributed by atoms with van der Waals surface area (Å²) in [5.41, 5.74) is -0.506. The number of carboxylic acid groups (broad SMARTS) is 1. The van der Waals surface area contributed by atoms with Crippen LogP contribution in [0.1, 0.15) is 15.9 Å². The van der Waals surface area contributed by atoms with Gasteiger partial charge in [-0.05, 0) is 12.1 Å². The monoisotopic (exact) mass is 245 g/mol. The molecular formula is C9H5F2NO3S. The molecule has 0 atom stereocenters. The topological polar surface area (TPSA) is 70.3 Å². The van der Waals surface area contributed by atoms with Crippen LogP contribution in [0.25, 0.3) is 0 Å². The molecule has 1 N–H and O–H groups in total. The maximum absolute atomic E-state index is 12.0. The van der Waals surface area contributed by atoms with E-state index in [1.165, 1.54) is 0 Å². The van der Waals surface area contributed by atoms with E-state index in [0.29, 0.717) is 0 Å². The smallest absolute Gasteiger partial charge is 0.387 e. The summed E-state index contributed by atoms with van der Waals surface area (Å²) in [5, 5.41) is 17.3. The van der Waals surface area contributed by atoms with Crippen molar-refractivity contribution in [1.82, 2.24) is 0 Å². The van der Waals surface area contributed by atoms with Gasteiger partial charge in [0.1, 0.15) is 17.4 Å². The molecule has 0 spiro atoms. The minimum absolute atomic E-state index is 0.0296. The minimum atomic E-state index is -3.14. The lowest BCUT2D eigenvalue weighted by Crippen LogP contribution is -2.06. The number of hydrogen-bond donors (Lipinski definition) is 2. The molecular weight excluding hydrogens is 240 g/mol. The van der Waals surface area contributed by atoms with E-state index < -0.39 is 18.3 Å². The molecule has 0 aromatic heterocycles. The third-order valence-corrected chi connectivity index (χ3v) is 2.01. The van der Waals surface area contributed by atoms with Crippen molar-refractivity contribution in [2.45, 2.75) is 11.5 Å². The van der Waals surface area contributed by atoms with Gasteiger partial charge in [-0.3, -0.25) is 0 Å². The van der Waals surface area contributed by atoms with Gasteiger partial charge in [0.2, 0.25) is 0 Å². The van der Waals surface area contributed by atoms with Crippen LogP contribution >= 0.6 is 12.6 Å². The molecule has 84 valence electrons. The van der Waals surface area contributed by atoms with E-state index in [-0.39, 0.29) is 16.0 Å². The number of benzene rings is 1. The second-order valence-electron chi connectivity index (χ2n) is 2.66. The van der Waals surface area contributed by atoms with E-state index in [9.17, 15) is 13.6 Å². The Bertz CT molecular complexity index is 471. The molecule has 0 radical (unpaired) electrons. The van der Waals surface area contributed by atoms with Crippen LogP contribution in [0, 0.1) is 11.3 Å². The van der Waals surface area contributed by atoms with Gasteiger partial charge >= 0.3 is 12.6 Å². The van der Waals surface area contributed by atoms with Crippen molar-refractivity contribution in [2.24, 2.45) is 0 Å². The number of carbonyl (C=O) groups is 1. The van der Waals surface area contributed by atoms with E-state index in [2.05, 4.69) is 17.4 Å². The largest absolute Gasteiger partial charge is 0.478 e. The first-order chi connectivity index (χ1) is 7.45. The number of rotatable bonds is 3. The third kappa shape index (κ3) is 2.61. The molecule has 0 unspecified atom stereocenters. The summed E-state index contributed by atoms with van der Waals surface area (Å²) in [5.74, 6) is -1.82. The highest BCUT2D eigenvalue weighted by Crippen LogP contribution is 2.28. The summed E-state index contributed by atoms with van der Waals surface area (Å²) in [6.07, 6.45) is 0. The van der Waals surface area contributed by atoms with Crippen LogP contribution in [0.4, 0.5) is 8.78 Å². The molecule has 0 aliphatic carbocycles. The zero-order valence-corrected chi connectivity index (χ0v) is 8.54. The highest BCUT2D eigenvalue weighted by Gasteiger charge is 2.16. The number of thiol groups is 1. The summed E-state index contributed by atoms with van der Waals surface area (Å²) < 4.78 is 28.0. The van der Waals surface area contributed by atoms with Crippen LogP contribution in [0.2, 0.25) is 0 Å². The molecule has 0 bridgehead atoms. The third-order valence-electron chi connectivity index (χ3n) is 1.66. The fourth-order valence-electron chi connectivity index (χ4n) is 1.03. The van der Waals surface area contributed by atoms with E-state index in [4.69, 9.17) is 10.4 Å². The lowest BCUT2D eigenvalue weighted by atomic mass is 10.1. The number of carboxylic acids is 1. The Morgan fingerprint density at radius 2 is 2.19 bits per heavy atom. The Morgan fingerprint density at radius 3 is 2.62 bits per heavy atom. The number of aromatic carboxylic acids is 1. The predicted molar refractivity (Wildman–Crippen MR) is 52.0 cm³/mol. The van der Waals surface area contributed by atoms with Gasteiger partial charge in [-0.15, -0.1) is 12.6 Å². The molecule has 0 fully saturated rings. The Morgan fingerprint density at radius 1 is 1.56 bits per heavy atom. The fourth-order valence-corrected chi connectivity index (χ4v) is 1.32. The van der Waals surface area contributed by atoms with Gasteiger partial charge in [0.25, 0.3) is 0 Å². The lowest BCUT2D eigenvalue weighted by Gasteiger charge is -2.08. The SMILES string of the molecule is N#Cc1c(S)cc(C(=O)O)cc1OC(F)F. The molecule has 1 rings (SSSR count). The maximum Gasteiger partial charge on any atom is 0.387 e. The Balaban J connectivity index is 3.32. The van der Waals surface area contributed by atoms with Crippen LogP contribution in [-0.4, -0.2) is 17.7 Å². The zero-order valence-electron chi connectivity index (χ0n) is 7.65. The van der Waals surface area contributed by atoms with Crippen molar-refractivity contribution < 1.29 is 23.4 Å². The van der Waals surface area contributed by atoms with Crippen LogP contribution in [0.3, 0.4) is 0 Å². The molecule has 0 saturated heterocycles.